The largest absolute Gasteiger partial charge is 0.497 e. The summed E-state index contributed by atoms with van der Waals surface area (Å²) >= 11 is 0. The summed E-state index contributed by atoms with van der Waals surface area (Å²) in [5, 5.41) is 0. The van der Waals surface area contributed by atoms with Crippen molar-refractivity contribution in [2.45, 2.75) is 11.3 Å². The van der Waals surface area contributed by atoms with Gasteiger partial charge in [-0.25, -0.2) is 18.1 Å². The molecule has 3 aromatic rings. The molecule has 9 heteroatoms. The Balaban J connectivity index is 1.37. The van der Waals surface area contributed by atoms with Gasteiger partial charge >= 0.3 is 0 Å². The van der Waals surface area contributed by atoms with E-state index in [9.17, 15) is 8.42 Å². The smallest absolute Gasteiger partial charge is 0.240 e. The van der Waals surface area contributed by atoms with Crippen LogP contribution in [0.1, 0.15) is 5.69 Å². The number of aromatic nitrogens is 1. The normalized spacial score (nSPS) is 13.3. The lowest BCUT2D eigenvalue weighted by Crippen LogP contribution is -2.26. The zero-order valence-corrected chi connectivity index (χ0v) is 16.6. The molecule has 152 valence electrons. The van der Waals surface area contributed by atoms with Crippen molar-refractivity contribution in [3.8, 4) is 28.7 Å². The zero-order chi connectivity index (χ0) is 20.3. The first-order valence-electron chi connectivity index (χ1n) is 9.03. The number of fused-ring (bicyclic) bond motifs is 1. The monoisotopic (exact) mass is 416 g/mol. The SMILES string of the molecule is COc1ccc(-c2nc(CCNS(=O)(=O)c3ccc4c(c3)OCCO4)co2)cc1. The first kappa shape index (κ1) is 19.3. The van der Waals surface area contributed by atoms with Crippen LogP contribution < -0.4 is 18.9 Å². The molecule has 0 amide bonds. The number of rotatable bonds is 7. The van der Waals surface area contributed by atoms with Crippen LogP contribution >= 0.6 is 0 Å². The highest BCUT2D eigenvalue weighted by atomic mass is 32.2. The van der Waals surface area contributed by atoms with Gasteiger partial charge in [-0.3, -0.25) is 0 Å². The van der Waals surface area contributed by atoms with Crippen molar-refractivity contribution in [1.82, 2.24) is 9.71 Å². The lowest BCUT2D eigenvalue weighted by Gasteiger charge is -2.18. The maximum Gasteiger partial charge on any atom is 0.240 e. The van der Waals surface area contributed by atoms with Crippen LogP contribution in [0.15, 0.2) is 58.0 Å². The molecule has 1 aliphatic heterocycles. The number of ether oxygens (including phenoxy) is 3. The van der Waals surface area contributed by atoms with Gasteiger partial charge in [0.1, 0.15) is 25.2 Å². The van der Waals surface area contributed by atoms with Gasteiger partial charge in [0.25, 0.3) is 0 Å². The van der Waals surface area contributed by atoms with E-state index in [0.29, 0.717) is 42.7 Å². The Hall–Kier alpha value is -3.04. The van der Waals surface area contributed by atoms with E-state index in [1.807, 2.05) is 24.3 Å². The molecular formula is C20H20N2O6S. The minimum atomic E-state index is -3.67. The molecule has 0 aliphatic carbocycles. The predicted octanol–water partition coefficient (Wildman–Crippen LogP) is 2.64. The van der Waals surface area contributed by atoms with Crippen molar-refractivity contribution in [3.63, 3.8) is 0 Å². The third-order valence-electron chi connectivity index (χ3n) is 4.39. The molecule has 1 N–H and O–H groups in total. The second-order valence-corrected chi connectivity index (χ2v) is 8.09. The Labute approximate surface area is 168 Å². The quantitative estimate of drug-likeness (QED) is 0.632. The molecule has 0 unspecified atom stereocenters. The van der Waals surface area contributed by atoms with Crippen LogP contribution in [0.5, 0.6) is 17.2 Å². The number of oxazole rings is 1. The van der Waals surface area contributed by atoms with E-state index in [-0.39, 0.29) is 11.4 Å². The second-order valence-electron chi connectivity index (χ2n) is 6.33. The van der Waals surface area contributed by atoms with Gasteiger partial charge in [0, 0.05) is 24.6 Å². The number of hydrogen-bond acceptors (Lipinski definition) is 7. The Bertz CT molecular complexity index is 1090. The maximum atomic E-state index is 12.5. The number of nitrogens with zero attached hydrogens (tertiary/aromatic N) is 1. The van der Waals surface area contributed by atoms with Gasteiger partial charge in [-0.2, -0.15) is 0 Å². The van der Waals surface area contributed by atoms with Crippen LogP contribution in [0.2, 0.25) is 0 Å². The number of sulfonamides is 1. The summed E-state index contributed by atoms with van der Waals surface area (Å²) in [6.45, 7) is 1.03. The molecule has 2 heterocycles. The molecule has 0 saturated carbocycles. The molecule has 1 aliphatic rings. The van der Waals surface area contributed by atoms with E-state index in [2.05, 4.69) is 9.71 Å². The number of nitrogens with one attached hydrogen (secondary N) is 1. The van der Waals surface area contributed by atoms with Crippen LogP contribution in [0.4, 0.5) is 0 Å². The fraction of sp³-hybridized carbons (Fsp3) is 0.250. The molecule has 29 heavy (non-hydrogen) atoms. The van der Waals surface area contributed by atoms with Crippen molar-refractivity contribution in [1.29, 1.82) is 0 Å². The van der Waals surface area contributed by atoms with Crippen LogP contribution in [0, 0.1) is 0 Å². The van der Waals surface area contributed by atoms with Crippen molar-refractivity contribution in [3.05, 3.63) is 54.4 Å². The van der Waals surface area contributed by atoms with Crippen LogP contribution in [0.25, 0.3) is 11.5 Å². The average Bonchev–Trinajstić information content (AvgIpc) is 3.22. The Morgan fingerprint density at radius 1 is 1.07 bits per heavy atom. The lowest BCUT2D eigenvalue weighted by molar-refractivity contribution is 0.171. The topological polar surface area (TPSA) is 99.9 Å². The Morgan fingerprint density at radius 2 is 1.83 bits per heavy atom. The van der Waals surface area contributed by atoms with Gasteiger partial charge in [-0.15, -0.1) is 0 Å². The maximum absolute atomic E-state index is 12.5. The minimum absolute atomic E-state index is 0.126. The third-order valence-corrected chi connectivity index (χ3v) is 5.84. The Kier molecular flexibility index (Phi) is 5.41. The lowest BCUT2D eigenvalue weighted by atomic mass is 10.2. The van der Waals surface area contributed by atoms with E-state index < -0.39 is 10.0 Å². The van der Waals surface area contributed by atoms with Crippen LogP contribution in [0.3, 0.4) is 0 Å². The summed E-state index contributed by atoms with van der Waals surface area (Å²) < 4.78 is 49.1. The summed E-state index contributed by atoms with van der Waals surface area (Å²) in [5.74, 6) is 2.19. The van der Waals surface area contributed by atoms with E-state index in [1.54, 1.807) is 13.2 Å². The molecular weight excluding hydrogens is 396 g/mol. The van der Waals surface area contributed by atoms with Crippen molar-refractivity contribution in [2.75, 3.05) is 26.9 Å². The van der Waals surface area contributed by atoms with E-state index in [4.69, 9.17) is 18.6 Å². The second kappa shape index (κ2) is 8.14. The van der Waals surface area contributed by atoms with Gasteiger partial charge in [0.2, 0.25) is 15.9 Å². The highest BCUT2D eigenvalue weighted by molar-refractivity contribution is 7.89. The zero-order valence-electron chi connectivity index (χ0n) is 15.8. The van der Waals surface area contributed by atoms with Gasteiger partial charge in [0.15, 0.2) is 11.5 Å². The molecule has 4 rings (SSSR count). The highest BCUT2D eigenvalue weighted by Crippen LogP contribution is 2.32. The van der Waals surface area contributed by atoms with Gasteiger partial charge in [-0.05, 0) is 36.4 Å². The fourth-order valence-electron chi connectivity index (χ4n) is 2.88. The standard InChI is InChI=1S/C20H20N2O6S/c1-25-16-4-2-14(3-5-16)20-22-15(13-28-20)8-9-21-29(23,24)17-6-7-18-19(12-17)27-11-10-26-18/h2-7,12-13,21H,8-11H2,1H3. The Morgan fingerprint density at radius 3 is 2.59 bits per heavy atom. The summed E-state index contributed by atoms with van der Waals surface area (Å²) in [5.41, 5.74) is 1.47. The fourth-order valence-corrected chi connectivity index (χ4v) is 3.92. The molecule has 8 nitrogen and oxygen atoms in total. The summed E-state index contributed by atoms with van der Waals surface area (Å²) in [4.78, 5) is 4.53. The van der Waals surface area contributed by atoms with Crippen molar-refractivity contribution < 1.29 is 27.0 Å². The van der Waals surface area contributed by atoms with E-state index in [0.717, 1.165) is 11.3 Å². The molecule has 0 radical (unpaired) electrons. The predicted molar refractivity (Wildman–Crippen MR) is 105 cm³/mol. The summed E-state index contributed by atoms with van der Waals surface area (Å²) in [6, 6.07) is 11.9. The number of hydrogen-bond donors (Lipinski definition) is 1. The van der Waals surface area contributed by atoms with Crippen molar-refractivity contribution >= 4 is 10.0 Å². The number of methoxy groups -OCH3 is 1. The van der Waals surface area contributed by atoms with Gasteiger partial charge < -0.3 is 18.6 Å². The van der Waals surface area contributed by atoms with Crippen LogP contribution in [-0.2, 0) is 16.4 Å². The van der Waals surface area contributed by atoms with Crippen molar-refractivity contribution in [2.24, 2.45) is 0 Å². The third kappa shape index (κ3) is 4.36. The molecule has 0 fully saturated rings. The molecule has 0 saturated heterocycles. The molecule has 2 aromatic carbocycles. The van der Waals surface area contributed by atoms with Crippen LogP contribution in [-0.4, -0.2) is 40.3 Å². The molecule has 0 atom stereocenters. The first-order chi connectivity index (χ1) is 14.0. The van der Waals surface area contributed by atoms with E-state index in [1.165, 1.54) is 18.4 Å². The first-order valence-corrected chi connectivity index (χ1v) is 10.5. The highest BCUT2D eigenvalue weighted by Gasteiger charge is 2.19. The number of benzene rings is 2. The molecule has 1 aromatic heterocycles. The van der Waals surface area contributed by atoms with Gasteiger partial charge in [-0.1, -0.05) is 0 Å². The van der Waals surface area contributed by atoms with Gasteiger partial charge in [0.05, 0.1) is 17.7 Å². The molecule has 0 bridgehead atoms. The van der Waals surface area contributed by atoms with E-state index >= 15 is 0 Å². The summed E-state index contributed by atoms with van der Waals surface area (Å²) in [7, 11) is -2.07. The molecule has 0 spiro atoms. The summed E-state index contributed by atoms with van der Waals surface area (Å²) in [6.07, 6.45) is 1.92. The average molecular weight is 416 g/mol. The minimum Gasteiger partial charge on any atom is -0.497 e.